The minimum atomic E-state index is -0.398. The van der Waals surface area contributed by atoms with Gasteiger partial charge in [-0.2, -0.15) is 0 Å². The van der Waals surface area contributed by atoms with Crippen LogP contribution in [0.1, 0.15) is 265 Å². The molecule has 0 unspecified atom stereocenters. The van der Waals surface area contributed by atoms with Gasteiger partial charge in [-0.05, 0) is 70.6 Å². The lowest BCUT2D eigenvalue weighted by molar-refractivity contribution is -0.155. The molecule has 0 aromatic heterocycles. The number of hydrogen-bond donors (Lipinski definition) is 0. The van der Waals surface area contributed by atoms with Gasteiger partial charge < -0.3 is 14.2 Å². The van der Waals surface area contributed by atoms with E-state index in [2.05, 4.69) is 45.1 Å². The Balaban J connectivity index is 4.19. The molecule has 0 aromatic rings. The van der Waals surface area contributed by atoms with Crippen molar-refractivity contribution in [1.29, 1.82) is 0 Å². The van der Waals surface area contributed by atoms with Crippen LogP contribution >= 0.6 is 0 Å². The highest BCUT2D eigenvalue weighted by atomic mass is 16.6. The van der Waals surface area contributed by atoms with Gasteiger partial charge in [0.25, 0.3) is 0 Å². The standard InChI is InChI=1S/C51H96O5/c1-4-7-10-13-16-19-22-24-26-28-30-32-35-38-41-44-50(52)55-47-49(54-46-43-40-37-34-21-18-15-12-9-6-3)48-56-51(53)45-42-39-36-33-31-29-27-25-23-20-17-14-11-8-5-2/h24-27,49H,4-23,28-48H2,1-3H3/b26-24-,27-25-. The number of esters is 2. The second-order valence-electron chi connectivity index (χ2n) is 16.7. The van der Waals surface area contributed by atoms with Crippen molar-refractivity contribution in [2.75, 3.05) is 19.8 Å². The molecule has 0 aliphatic carbocycles. The largest absolute Gasteiger partial charge is 0.463 e. The van der Waals surface area contributed by atoms with Gasteiger partial charge in [0, 0.05) is 19.4 Å². The molecule has 0 aliphatic heterocycles. The van der Waals surface area contributed by atoms with Gasteiger partial charge in [0.05, 0.1) is 0 Å². The number of hydrogen-bond acceptors (Lipinski definition) is 5. The van der Waals surface area contributed by atoms with E-state index in [-0.39, 0.29) is 25.2 Å². The Morgan fingerprint density at radius 2 is 0.625 bits per heavy atom. The zero-order valence-corrected chi connectivity index (χ0v) is 37.9. The molecule has 5 heteroatoms. The maximum atomic E-state index is 12.5. The molecule has 0 aromatic carbocycles. The van der Waals surface area contributed by atoms with E-state index >= 15 is 0 Å². The van der Waals surface area contributed by atoms with Crippen LogP contribution in [0, 0.1) is 0 Å². The number of unbranched alkanes of at least 4 members (excludes halogenated alkanes) is 31. The SMILES string of the molecule is CCCCCCCC/C=C\CCCCCCCC(=O)OCC(COC(=O)CCCCCCC/C=C\CCCCCCCC)OCCCCCCCCCCCC. The molecule has 0 heterocycles. The molecule has 5 nitrogen and oxygen atoms in total. The van der Waals surface area contributed by atoms with Crippen molar-refractivity contribution in [3.8, 4) is 0 Å². The molecule has 0 radical (unpaired) electrons. The van der Waals surface area contributed by atoms with Gasteiger partial charge in [-0.3, -0.25) is 9.59 Å². The lowest BCUT2D eigenvalue weighted by Crippen LogP contribution is -2.29. The second kappa shape index (κ2) is 47.8. The summed E-state index contributed by atoms with van der Waals surface area (Å²) < 4.78 is 17.4. The predicted molar refractivity (Wildman–Crippen MR) is 242 cm³/mol. The third-order valence-corrected chi connectivity index (χ3v) is 11.0. The highest BCUT2D eigenvalue weighted by Crippen LogP contribution is 2.14. The van der Waals surface area contributed by atoms with Gasteiger partial charge in [0.15, 0.2) is 0 Å². The zero-order chi connectivity index (χ0) is 40.7. The smallest absolute Gasteiger partial charge is 0.305 e. The topological polar surface area (TPSA) is 61.8 Å². The van der Waals surface area contributed by atoms with Gasteiger partial charge in [0.1, 0.15) is 19.3 Å². The summed E-state index contributed by atoms with van der Waals surface area (Å²) in [5.41, 5.74) is 0. The number of carbonyl (C=O) groups excluding carboxylic acids is 2. The van der Waals surface area contributed by atoms with Gasteiger partial charge in [-0.1, -0.05) is 206 Å². The minimum Gasteiger partial charge on any atom is -0.463 e. The third-order valence-electron chi connectivity index (χ3n) is 11.0. The Morgan fingerprint density at radius 3 is 0.946 bits per heavy atom. The van der Waals surface area contributed by atoms with E-state index < -0.39 is 6.10 Å². The molecule has 0 aliphatic rings. The van der Waals surface area contributed by atoms with Crippen molar-refractivity contribution in [2.24, 2.45) is 0 Å². The van der Waals surface area contributed by atoms with Crippen molar-refractivity contribution in [3.05, 3.63) is 24.3 Å². The summed E-state index contributed by atoms with van der Waals surface area (Å²) in [7, 11) is 0. The van der Waals surface area contributed by atoms with Gasteiger partial charge in [-0.25, -0.2) is 0 Å². The lowest BCUT2D eigenvalue weighted by atomic mass is 10.1. The first-order valence-electron chi connectivity index (χ1n) is 24.9. The Bertz CT molecular complexity index is 795. The number of carbonyl (C=O) groups is 2. The Morgan fingerprint density at radius 1 is 0.357 bits per heavy atom. The second-order valence-corrected chi connectivity index (χ2v) is 16.7. The van der Waals surface area contributed by atoms with Crippen LogP contribution in [0.5, 0.6) is 0 Å². The van der Waals surface area contributed by atoms with Crippen molar-refractivity contribution < 1.29 is 23.8 Å². The Hall–Kier alpha value is -1.62. The van der Waals surface area contributed by atoms with E-state index in [4.69, 9.17) is 14.2 Å². The van der Waals surface area contributed by atoms with E-state index in [1.165, 1.54) is 180 Å². The Kier molecular flexibility index (Phi) is 46.4. The maximum absolute atomic E-state index is 12.5. The molecular formula is C51H96O5. The highest BCUT2D eigenvalue weighted by Gasteiger charge is 2.16. The summed E-state index contributed by atoms with van der Waals surface area (Å²) in [6.45, 7) is 7.73. The van der Waals surface area contributed by atoms with Crippen LogP contribution < -0.4 is 0 Å². The maximum Gasteiger partial charge on any atom is 0.305 e. The fourth-order valence-electron chi connectivity index (χ4n) is 7.18. The van der Waals surface area contributed by atoms with Gasteiger partial charge in [0.2, 0.25) is 0 Å². The summed E-state index contributed by atoms with van der Waals surface area (Å²) in [5, 5.41) is 0. The van der Waals surface area contributed by atoms with E-state index in [1.54, 1.807) is 0 Å². The van der Waals surface area contributed by atoms with Crippen molar-refractivity contribution in [2.45, 2.75) is 271 Å². The monoisotopic (exact) mass is 789 g/mol. The molecule has 0 rings (SSSR count). The molecule has 0 atom stereocenters. The van der Waals surface area contributed by atoms with E-state index in [9.17, 15) is 9.59 Å². The lowest BCUT2D eigenvalue weighted by Gasteiger charge is -2.18. The summed E-state index contributed by atoms with van der Waals surface area (Å²) in [4.78, 5) is 25.1. The molecule has 0 fully saturated rings. The average molecular weight is 789 g/mol. The molecular weight excluding hydrogens is 693 g/mol. The molecule has 0 N–H and O–H groups in total. The zero-order valence-electron chi connectivity index (χ0n) is 37.9. The van der Waals surface area contributed by atoms with Crippen LogP contribution in [0.25, 0.3) is 0 Å². The number of allylic oxidation sites excluding steroid dienone is 4. The first-order chi connectivity index (χ1) is 27.6. The third kappa shape index (κ3) is 45.1. The number of ether oxygens (including phenoxy) is 3. The first kappa shape index (κ1) is 54.4. The fourth-order valence-corrected chi connectivity index (χ4v) is 7.18. The van der Waals surface area contributed by atoms with E-state index in [0.29, 0.717) is 19.4 Å². The molecule has 0 saturated heterocycles. The molecule has 0 saturated carbocycles. The van der Waals surface area contributed by atoms with E-state index in [1.807, 2.05) is 0 Å². The summed E-state index contributed by atoms with van der Waals surface area (Å²) in [5.74, 6) is -0.343. The van der Waals surface area contributed by atoms with Crippen molar-refractivity contribution >= 4 is 11.9 Å². The summed E-state index contributed by atoms with van der Waals surface area (Å²) >= 11 is 0. The van der Waals surface area contributed by atoms with E-state index in [0.717, 1.165) is 51.4 Å². The highest BCUT2D eigenvalue weighted by molar-refractivity contribution is 5.69. The van der Waals surface area contributed by atoms with Crippen molar-refractivity contribution in [3.63, 3.8) is 0 Å². The van der Waals surface area contributed by atoms with Gasteiger partial charge >= 0.3 is 11.9 Å². The van der Waals surface area contributed by atoms with Crippen LogP contribution in [0.15, 0.2) is 24.3 Å². The van der Waals surface area contributed by atoms with Crippen LogP contribution in [-0.2, 0) is 23.8 Å². The normalized spacial score (nSPS) is 11.8. The average Bonchev–Trinajstić information content (AvgIpc) is 3.20. The first-order valence-corrected chi connectivity index (χ1v) is 24.9. The molecule has 0 amide bonds. The van der Waals surface area contributed by atoms with Crippen LogP contribution in [0.3, 0.4) is 0 Å². The molecule has 0 bridgehead atoms. The fraction of sp³-hybridized carbons (Fsp3) is 0.882. The minimum absolute atomic E-state index is 0.155. The summed E-state index contributed by atoms with van der Waals surface area (Å²) in [6.07, 6.45) is 54.8. The van der Waals surface area contributed by atoms with Crippen LogP contribution in [0.2, 0.25) is 0 Å². The van der Waals surface area contributed by atoms with Gasteiger partial charge in [-0.15, -0.1) is 0 Å². The predicted octanol–water partition coefficient (Wildman–Crippen LogP) is 16.5. The number of rotatable bonds is 46. The molecule has 56 heavy (non-hydrogen) atoms. The molecule has 0 spiro atoms. The van der Waals surface area contributed by atoms with Crippen LogP contribution in [-0.4, -0.2) is 37.9 Å². The van der Waals surface area contributed by atoms with Crippen molar-refractivity contribution in [1.82, 2.24) is 0 Å². The van der Waals surface area contributed by atoms with Crippen LogP contribution in [0.4, 0.5) is 0 Å². The Labute approximate surface area is 349 Å². The molecule has 330 valence electrons. The summed E-state index contributed by atoms with van der Waals surface area (Å²) in [6, 6.07) is 0. The quantitative estimate of drug-likeness (QED) is 0.0349.